The summed E-state index contributed by atoms with van der Waals surface area (Å²) in [6, 6.07) is 9.81. The fourth-order valence-electron chi connectivity index (χ4n) is 4.16. The van der Waals surface area contributed by atoms with Crippen LogP contribution in [0.3, 0.4) is 0 Å². The lowest BCUT2D eigenvalue weighted by molar-refractivity contribution is -0.156. The second kappa shape index (κ2) is 9.60. The van der Waals surface area contributed by atoms with Gasteiger partial charge in [-0.3, -0.25) is 14.4 Å². The third-order valence-electron chi connectivity index (χ3n) is 5.72. The zero-order valence-corrected chi connectivity index (χ0v) is 19.3. The minimum Gasteiger partial charge on any atom is -0.366 e. The average molecular weight is 509 g/mol. The normalized spacial score (nSPS) is 17.8. The van der Waals surface area contributed by atoms with E-state index >= 15 is 0 Å². The second-order valence-corrected chi connectivity index (χ2v) is 8.95. The SMILES string of the molecule is NC(=O)c1cn(CC(=O)N2C[C@H](F)C[C@H]2C(=O)N(F)Cc2cccc(Cl)c2)c2ccc(Cl)cc12. The highest BCUT2D eigenvalue weighted by Gasteiger charge is 2.42. The van der Waals surface area contributed by atoms with E-state index in [4.69, 9.17) is 28.9 Å². The second-order valence-electron chi connectivity index (χ2n) is 8.08. The third kappa shape index (κ3) is 4.85. The van der Waals surface area contributed by atoms with Gasteiger partial charge in [0.2, 0.25) is 5.91 Å². The number of carbonyl (C=O) groups excluding carboxylic acids is 3. The summed E-state index contributed by atoms with van der Waals surface area (Å²) in [4.78, 5) is 38.7. The van der Waals surface area contributed by atoms with Crippen molar-refractivity contribution in [1.29, 1.82) is 0 Å². The molecule has 4 rings (SSSR count). The highest BCUT2D eigenvalue weighted by molar-refractivity contribution is 6.31. The molecule has 3 amide bonds. The Morgan fingerprint density at radius 1 is 1.12 bits per heavy atom. The molecule has 178 valence electrons. The summed E-state index contributed by atoms with van der Waals surface area (Å²) in [5.41, 5.74) is 6.57. The van der Waals surface area contributed by atoms with Gasteiger partial charge in [0.05, 0.1) is 18.7 Å². The molecule has 34 heavy (non-hydrogen) atoms. The molecule has 2 heterocycles. The maximum Gasteiger partial charge on any atom is 0.273 e. The molecule has 0 bridgehead atoms. The quantitative estimate of drug-likeness (QED) is 0.512. The van der Waals surface area contributed by atoms with Gasteiger partial charge in [0.1, 0.15) is 18.8 Å². The molecule has 0 radical (unpaired) electrons. The van der Waals surface area contributed by atoms with Gasteiger partial charge in [0.25, 0.3) is 11.8 Å². The van der Waals surface area contributed by atoms with Crippen molar-refractivity contribution in [3.8, 4) is 0 Å². The minimum absolute atomic E-state index is 0.0348. The molecular formula is C23H20Cl2F2N4O3. The van der Waals surface area contributed by atoms with Crippen LogP contribution in [-0.2, 0) is 22.7 Å². The molecule has 11 heteroatoms. The van der Waals surface area contributed by atoms with Gasteiger partial charge in [-0.05, 0) is 35.9 Å². The minimum atomic E-state index is -1.47. The monoisotopic (exact) mass is 508 g/mol. The molecule has 1 aromatic heterocycles. The van der Waals surface area contributed by atoms with Crippen LogP contribution < -0.4 is 5.73 Å². The van der Waals surface area contributed by atoms with Gasteiger partial charge in [0.15, 0.2) is 0 Å². The van der Waals surface area contributed by atoms with Crippen LogP contribution in [-0.4, -0.2) is 51.1 Å². The van der Waals surface area contributed by atoms with Crippen LogP contribution in [0, 0.1) is 0 Å². The zero-order valence-electron chi connectivity index (χ0n) is 17.8. The first-order valence-corrected chi connectivity index (χ1v) is 11.1. The number of halogens is 4. The van der Waals surface area contributed by atoms with Gasteiger partial charge in [-0.25, -0.2) is 4.39 Å². The Labute approximate surface area is 203 Å². The lowest BCUT2D eigenvalue weighted by Gasteiger charge is -2.25. The van der Waals surface area contributed by atoms with E-state index in [1.54, 1.807) is 36.4 Å². The highest BCUT2D eigenvalue weighted by Crippen LogP contribution is 2.27. The first-order chi connectivity index (χ1) is 16.1. The van der Waals surface area contributed by atoms with E-state index in [1.165, 1.54) is 16.8 Å². The molecular weight excluding hydrogens is 489 g/mol. The van der Waals surface area contributed by atoms with Gasteiger partial charge in [-0.15, -0.1) is 0 Å². The predicted molar refractivity (Wildman–Crippen MR) is 124 cm³/mol. The lowest BCUT2D eigenvalue weighted by Crippen LogP contribution is -2.46. The maximum absolute atomic E-state index is 14.7. The third-order valence-corrected chi connectivity index (χ3v) is 6.19. The smallest absolute Gasteiger partial charge is 0.273 e. The Bertz CT molecular complexity index is 1280. The molecule has 1 fully saturated rings. The van der Waals surface area contributed by atoms with E-state index in [0.717, 1.165) is 4.90 Å². The molecule has 0 unspecified atom stereocenters. The first kappa shape index (κ1) is 24.0. The zero-order chi connectivity index (χ0) is 24.6. The number of primary amides is 1. The molecule has 1 aliphatic rings. The van der Waals surface area contributed by atoms with E-state index in [0.29, 0.717) is 26.5 Å². The molecule has 0 saturated carbocycles. The van der Waals surface area contributed by atoms with E-state index in [2.05, 4.69) is 0 Å². The first-order valence-electron chi connectivity index (χ1n) is 10.4. The van der Waals surface area contributed by atoms with Crippen LogP contribution in [0.5, 0.6) is 0 Å². The van der Waals surface area contributed by atoms with Crippen LogP contribution in [0.4, 0.5) is 8.87 Å². The summed E-state index contributed by atoms with van der Waals surface area (Å²) in [5.74, 6) is -2.32. The van der Waals surface area contributed by atoms with Gasteiger partial charge in [-0.2, -0.15) is 5.12 Å². The number of rotatable bonds is 6. The van der Waals surface area contributed by atoms with Crippen molar-refractivity contribution in [2.45, 2.75) is 31.7 Å². The number of benzene rings is 2. The van der Waals surface area contributed by atoms with Crippen molar-refractivity contribution >= 4 is 51.8 Å². The standard InChI is InChI=1S/C23H20Cl2F2N4O3/c24-14-3-1-2-13(6-14)9-31(27)23(34)20-8-16(26)10-30(20)21(32)12-29-11-18(22(28)33)17-7-15(25)4-5-19(17)29/h1-7,11,16,20H,8-10,12H2,(H2,28,33)/t16-,20+/m1/s1. The molecule has 2 atom stereocenters. The molecule has 2 N–H and O–H groups in total. The molecule has 0 aliphatic carbocycles. The van der Waals surface area contributed by atoms with E-state index in [9.17, 15) is 23.3 Å². The van der Waals surface area contributed by atoms with E-state index < -0.39 is 29.9 Å². The number of amides is 3. The van der Waals surface area contributed by atoms with Crippen LogP contribution in [0.15, 0.2) is 48.7 Å². The maximum atomic E-state index is 14.7. The lowest BCUT2D eigenvalue weighted by atomic mass is 10.1. The van der Waals surface area contributed by atoms with Crippen molar-refractivity contribution in [2.24, 2.45) is 5.73 Å². The Morgan fingerprint density at radius 2 is 1.85 bits per heavy atom. The van der Waals surface area contributed by atoms with Crippen LogP contribution in [0.1, 0.15) is 22.3 Å². The Hall–Kier alpha value is -3.17. The van der Waals surface area contributed by atoms with Crippen molar-refractivity contribution < 1.29 is 23.3 Å². The number of fused-ring (bicyclic) bond motifs is 1. The number of alkyl halides is 1. The number of nitrogens with two attached hydrogens (primary N) is 1. The Morgan fingerprint density at radius 3 is 2.56 bits per heavy atom. The molecule has 2 aromatic carbocycles. The Balaban J connectivity index is 1.54. The van der Waals surface area contributed by atoms with Gasteiger partial charge in [0, 0.05) is 33.6 Å². The number of hydrogen-bond donors (Lipinski definition) is 1. The number of likely N-dealkylation sites (tertiary alicyclic amines) is 1. The van der Waals surface area contributed by atoms with Crippen molar-refractivity contribution in [1.82, 2.24) is 14.6 Å². The van der Waals surface area contributed by atoms with Gasteiger partial charge < -0.3 is 15.2 Å². The summed E-state index contributed by atoms with van der Waals surface area (Å²) in [5, 5.41) is 1.19. The van der Waals surface area contributed by atoms with Crippen molar-refractivity contribution in [3.05, 3.63) is 69.8 Å². The largest absolute Gasteiger partial charge is 0.366 e. The summed E-state index contributed by atoms with van der Waals surface area (Å²) >= 11 is 11.9. The average Bonchev–Trinajstić information content (AvgIpc) is 3.33. The van der Waals surface area contributed by atoms with E-state index in [-0.39, 0.29) is 36.7 Å². The number of hydrogen-bond acceptors (Lipinski definition) is 3. The van der Waals surface area contributed by atoms with Gasteiger partial charge >= 0.3 is 0 Å². The predicted octanol–water partition coefficient (Wildman–Crippen LogP) is 3.90. The summed E-state index contributed by atoms with van der Waals surface area (Å²) in [6.45, 7) is -1.03. The highest BCUT2D eigenvalue weighted by atomic mass is 35.5. The fraction of sp³-hybridized carbons (Fsp3) is 0.261. The van der Waals surface area contributed by atoms with E-state index in [1.807, 2.05) is 0 Å². The van der Waals surface area contributed by atoms with Crippen LogP contribution in [0.25, 0.3) is 10.9 Å². The Kier molecular flexibility index (Phi) is 6.77. The number of aromatic nitrogens is 1. The van der Waals surface area contributed by atoms with Crippen molar-refractivity contribution in [2.75, 3.05) is 6.54 Å². The summed E-state index contributed by atoms with van der Waals surface area (Å²) in [6.07, 6.45) is -0.379. The summed E-state index contributed by atoms with van der Waals surface area (Å²) < 4.78 is 30.4. The topological polar surface area (TPSA) is 88.6 Å². The fourth-order valence-corrected chi connectivity index (χ4v) is 4.55. The van der Waals surface area contributed by atoms with Gasteiger partial charge in [-0.1, -0.05) is 39.8 Å². The molecule has 3 aromatic rings. The molecule has 0 spiro atoms. The number of nitrogens with zero attached hydrogens (tertiary/aromatic N) is 3. The molecule has 7 nitrogen and oxygen atoms in total. The summed E-state index contributed by atoms with van der Waals surface area (Å²) in [7, 11) is 0. The molecule has 1 aliphatic heterocycles. The van der Waals surface area contributed by atoms with Crippen LogP contribution >= 0.6 is 23.2 Å². The van der Waals surface area contributed by atoms with Crippen LogP contribution in [0.2, 0.25) is 10.0 Å². The molecule has 1 saturated heterocycles. The van der Waals surface area contributed by atoms with Crippen molar-refractivity contribution in [3.63, 3.8) is 0 Å². The number of carbonyl (C=O) groups is 3.